The van der Waals surface area contributed by atoms with E-state index in [0.29, 0.717) is 0 Å². The molecule has 0 aromatic heterocycles. The van der Waals surface area contributed by atoms with E-state index in [0.717, 1.165) is 25.3 Å². The molecule has 0 aliphatic carbocycles. The number of allylic oxidation sites excluding steroid dienone is 5. The second-order valence-corrected chi connectivity index (χ2v) is 2.95. The Morgan fingerprint density at radius 3 is 2.43 bits per heavy atom. The van der Waals surface area contributed by atoms with Gasteiger partial charge in [-0.3, -0.25) is 0 Å². The fourth-order valence-corrected chi connectivity index (χ4v) is 0.763. The van der Waals surface area contributed by atoms with Crippen LogP contribution >= 0.6 is 0 Å². The van der Waals surface area contributed by atoms with Crippen LogP contribution in [0.5, 0.6) is 0 Å². The summed E-state index contributed by atoms with van der Waals surface area (Å²) in [5.74, 6) is 0. The number of alkyl halides is 3. The van der Waals surface area contributed by atoms with Gasteiger partial charge < -0.3 is 0 Å². The molecule has 0 N–H and O–H groups in total. The first-order valence-corrected chi connectivity index (χ1v) is 4.57. The number of rotatable bonds is 5. The van der Waals surface area contributed by atoms with Crippen molar-refractivity contribution in [3.8, 4) is 0 Å². The Kier molecular flexibility index (Phi) is 6.00. The highest BCUT2D eigenvalue weighted by molar-refractivity contribution is 5.23. The molecule has 0 radical (unpaired) electrons. The zero-order chi connectivity index (χ0) is 11.0. The van der Waals surface area contributed by atoms with Crippen molar-refractivity contribution in [3.05, 3.63) is 36.5 Å². The zero-order valence-electron chi connectivity index (χ0n) is 8.27. The number of unbranched alkanes of at least 4 members (excludes halogenated alkanes) is 2. The minimum absolute atomic E-state index is 0.822. The molecule has 14 heavy (non-hydrogen) atoms. The first-order chi connectivity index (χ1) is 6.48. The normalized spacial score (nSPS) is 12.9. The van der Waals surface area contributed by atoms with Crippen LogP contribution in [-0.4, -0.2) is 6.18 Å². The van der Waals surface area contributed by atoms with E-state index in [2.05, 4.69) is 13.5 Å². The molecule has 0 fully saturated rings. The Morgan fingerprint density at radius 2 is 1.93 bits per heavy atom. The lowest BCUT2D eigenvalue weighted by molar-refractivity contribution is -0.0878. The van der Waals surface area contributed by atoms with Crippen LogP contribution in [0.3, 0.4) is 0 Å². The van der Waals surface area contributed by atoms with E-state index in [1.165, 1.54) is 6.08 Å². The van der Waals surface area contributed by atoms with Crippen molar-refractivity contribution in [1.82, 2.24) is 0 Å². The maximum absolute atomic E-state index is 11.9. The summed E-state index contributed by atoms with van der Waals surface area (Å²) >= 11 is 0. The van der Waals surface area contributed by atoms with Crippen LogP contribution in [0.1, 0.15) is 26.2 Å². The number of hydrogen-bond acceptors (Lipinski definition) is 0. The SMILES string of the molecule is C=C(/C=C/C=C/CCCC)C(F)(F)F. The van der Waals surface area contributed by atoms with Crippen molar-refractivity contribution in [2.24, 2.45) is 0 Å². The van der Waals surface area contributed by atoms with Gasteiger partial charge in [0.2, 0.25) is 0 Å². The Labute approximate surface area is 82.8 Å². The molecular weight excluding hydrogens is 189 g/mol. The van der Waals surface area contributed by atoms with Crippen LogP contribution < -0.4 is 0 Å². The molecule has 0 nitrogen and oxygen atoms in total. The lowest BCUT2D eigenvalue weighted by Crippen LogP contribution is -2.08. The predicted molar refractivity (Wildman–Crippen MR) is 53.0 cm³/mol. The van der Waals surface area contributed by atoms with Crippen molar-refractivity contribution < 1.29 is 13.2 Å². The summed E-state index contributed by atoms with van der Waals surface area (Å²) in [6.45, 7) is 4.98. The molecule has 0 aliphatic rings. The van der Waals surface area contributed by atoms with Crippen molar-refractivity contribution in [1.29, 1.82) is 0 Å². The molecule has 0 aromatic rings. The van der Waals surface area contributed by atoms with Gasteiger partial charge in [0.1, 0.15) is 0 Å². The topological polar surface area (TPSA) is 0 Å². The van der Waals surface area contributed by atoms with Crippen LogP contribution in [0.2, 0.25) is 0 Å². The summed E-state index contributed by atoms with van der Waals surface area (Å²) < 4.78 is 35.7. The van der Waals surface area contributed by atoms with Crippen LogP contribution in [0.4, 0.5) is 13.2 Å². The van der Waals surface area contributed by atoms with Gasteiger partial charge in [0.05, 0.1) is 0 Å². The van der Waals surface area contributed by atoms with E-state index in [1.807, 2.05) is 6.08 Å². The van der Waals surface area contributed by atoms with Gasteiger partial charge in [-0.05, 0) is 6.42 Å². The fraction of sp³-hybridized carbons (Fsp3) is 0.455. The molecule has 0 saturated heterocycles. The highest BCUT2D eigenvalue weighted by Gasteiger charge is 2.29. The molecule has 3 heteroatoms. The molecule has 0 spiro atoms. The van der Waals surface area contributed by atoms with Crippen molar-refractivity contribution in [2.45, 2.75) is 32.4 Å². The average molecular weight is 204 g/mol. The first-order valence-electron chi connectivity index (χ1n) is 4.57. The highest BCUT2D eigenvalue weighted by atomic mass is 19.4. The lowest BCUT2D eigenvalue weighted by Gasteiger charge is -2.03. The molecule has 0 bridgehead atoms. The Hall–Kier alpha value is -0.990. The molecule has 0 aliphatic heterocycles. The quantitative estimate of drug-likeness (QED) is 0.459. The van der Waals surface area contributed by atoms with Crippen LogP contribution in [-0.2, 0) is 0 Å². The van der Waals surface area contributed by atoms with Crippen LogP contribution in [0.15, 0.2) is 36.5 Å². The Morgan fingerprint density at radius 1 is 1.29 bits per heavy atom. The smallest absolute Gasteiger partial charge is 0.166 e. The molecule has 0 atom stereocenters. The van der Waals surface area contributed by atoms with Gasteiger partial charge in [-0.1, -0.05) is 50.6 Å². The standard InChI is InChI=1S/C11H15F3/c1-3-4-5-6-7-8-9-10(2)11(12,13)14/h6-9H,2-5H2,1H3/b7-6+,9-8+. The maximum Gasteiger partial charge on any atom is 0.415 e. The predicted octanol–water partition coefficient (Wildman–Crippen LogP) is 4.41. The maximum atomic E-state index is 11.9. The fourth-order valence-electron chi connectivity index (χ4n) is 0.763. The number of halogens is 3. The Bertz CT molecular complexity index is 221. The molecule has 0 heterocycles. The van der Waals surface area contributed by atoms with E-state index in [4.69, 9.17) is 0 Å². The van der Waals surface area contributed by atoms with Gasteiger partial charge in [0.25, 0.3) is 0 Å². The summed E-state index contributed by atoms with van der Waals surface area (Å²) in [5.41, 5.74) is -0.822. The second-order valence-electron chi connectivity index (χ2n) is 2.95. The van der Waals surface area contributed by atoms with Crippen molar-refractivity contribution in [3.63, 3.8) is 0 Å². The lowest BCUT2D eigenvalue weighted by atomic mass is 10.2. The minimum Gasteiger partial charge on any atom is -0.166 e. The zero-order valence-corrected chi connectivity index (χ0v) is 8.27. The summed E-state index contributed by atoms with van der Waals surface area (Å²) in [6.07, 6.45) is 4.55. The summed E-state index contributed by atoms with van der Waals surface area (Å²) in [4.78, 5) is 0. The van der Waals surface area contributed by atoms with E-state index in [9.17, 15) is 13.2 Å². The molecule has 0 amide bonds. The summed E-state index contributed by atoms with van der Waals surface area (Å²) in [7, 11) is 0. The third-order valence-corrected chi connectivity index (χ3v) is 1.63. The van der Waals surface area contributed by atoms with Gasteiger partial charge in [-0.25, -0.2) is 0 Å². The molecule has 0 saturated carbocycles. The van der Waals surface area contributed by atoms with Gasteiger partial charge >= 0.3 is 6.18 Å². The molecule has 0 aromatic carbocycles. The third-order valence-electron chi connectivity index (χ3n) is 1.63. The monoisotopic (exact) mass is 204 g/mol. The molecule has 80 valence electrons. The Balaban J connectivity index is 3.83. The first kappa shape index (κ1) is 13.0. The largest absolute Gasteiger partial charge is 0.415 e. The number of hydrogen-bond donors (Lipinski definition) is 0. The van der Waals surface area contributed by atoms with Gasteiger partial charge in [0, 0.05) is 5.57 Å². The van der Waals surface area contributed by atoms with E-state index >= 15 is 0 Å². The molecular formula is C11H15F3. The van der Waals surface area contributed by atoms with E-state index < -0.39 is 11.7 Å². The van der Waals surface area contributed by atoms with Crippen LogP contribution in [0.25, 0.3) is 0 Å². The molecule has 0 unspecified atom stereocenters. The van der Waals surface area contributed by atoms with Gasteiger partial charge in [0.15, 0.2) is 0 Å². The van der Waals surface area contributed by atoms with Crippen molar-refractivity contribution in [2.75, 3.05) is 0 Å². The summed E-state index contributed by atoms with van der Waals surface area (Å²) in [6, 6.07) is 0. The summed E-state index contributed by atoms with van der Waals surface area (Å²) in [5, 5.41) is 0. The van der Waals surface area contributed by atoms with Gasteiger partial charge in [-0.15, -0.1) is 0 Å². The van der Waals surface area contributed by atoms with Crippen molar-refractivity contribution >= 4 is 0 Å². The minimum atomic E-state index is -4.31. The third kappa shape index (κ3) is 6.52. The van der Waals surface area contributed by atoms with Crippen LogP contribution in [0, 0.1) is 0 Å². The highest BCUT2D eigenvalue weighted by Crippen LogP contribution is 2.24. The second kappa shape index (κ2) is 6.46. The van der Waals surface area contributed by atoms with Gasteiger partial charge in [-0.2, -0.15) is 13.2 Å². The molecule has 0 rings (SSSR count). The average Bonchev–Trinajstić information content (AvgIpc) is 2.09. The van der Waals surface area contributed by atoms with E-state index in [-0.39, 0.29) is 0 Å². The van der Waals surface area contributed by atoms with E-state index in [1.54, 1.807) is 6.08 Å².